The molecule has 1 amide bonds. The number of methoxy groups -OCH3 is 6. The smallest absolute Gasteiger partial charge is 0.416 e. The van der Waals surface area contributed by atoms with E-state index in [1.165, 1.54) is 42.7 Å². The topological polar surface area (TPSA) is 123 Å². The van der Waals surface area contributed by atoms with Crippen molar-refractivity contribution in [2.45, 2.75) is 11.3 Å². The number of ether oxygens (including phenoxy) is 6. The van der Waals surface area contributed by atoms with Gasteiger partial charge < -0.3 is 33.7 Å². The second-order valence-electron chi connectivity index (χ2n) is 9.15. The van der Waals surface area contributed by atoms with E-state index in [2.05, 4.69) is 15.5 Å². The summed E-state index contributed by atoms with van der Waals surface area (Å²) in [6.45, 7) is 0. The van der Waals surface area contributed by atoms with E-state index in [1.54, 1.807) is 24.3 Å². The van der Waals surface area contributed by atoms with Gasteiger partial charge in [-0.15, -0.1) is 10.2 Å². The molecule has 244 valence electrons. The third-order valence-electron chi connectivity index (χ3n) is 6.44. The van der Waals surface area contributed by atoms with Gasteiger partial charge in [0.25, 0.3) is 0 Å². The maximum absolute atomic E-state index is 13.2. The summed E-state index contributed by atoms with van der Waals surface area (Å²) < 4.78 is 72.5. The summed E-state index contributed by atoms with van der Waals surface area (Å²) in [5, 5.41) is 11.1. The van der Waals surface area contributed by atoms with Gasteiger partial charge >= 0.3 is 6.18 Å². The SMILES string of the molecule is COc1cc(-c2nnc(SCC(=O)Nc3cc(C(F)(F)F)ccc3Cl)nc2-c2cc(OC)c(OC)c(OC)c2)cc(OC)c1OC. The highest BCUT2D eigenvalue weighted by molar-refractivity contribution is 7.99. The number of hydrogen-bond acceptors (Lipinski definition) is 11. The fraction of sp³-hybridized carbons (Fsp3) is 0.267. The van der Waals surface area contributed by atoms with Crippen molar-refractivity contribution in [2.75, 3.05) is 53.7 Å². The third kappa shape index (κ3) is 7.42. The Morgan fingerprint density at radius 3 is 1.72 bits per heavy atom. The molecule has 4 aromatic rings. The highest BCUT2D eigenvalue weighted by Crippen LogP contribution is 2.45. The molecule has 1 aromatic heterocycles. The van der Waals surface area contributed by atoms with Gasteiger partial charge in [-0.2, -0.15) is 13.2 Å². The van der Waals surface area contributed by atoms with Crippen LogP contribution >= 0.6 is 23.4 Å². The summed E-state index contributed by atoms with van der Waals surface area (Å²) in [7, 11) is 8.84. The Morgan fingerprint density at radius 2 is 1.26 bits per heavy atom. The molecule has 11 nitrogen and oxygen atoms in total. The average molecular weight is 681 g/mol. The van der Waals surface area contributed by atoms with Gasteiger partial charge in [0, 0.05) is 11.1 Å². The Morgan fingerprint density at radius 1 is 0.761 bits per heavy atom. The summed E-state index contributed by atoms with van der Waals surface area (Å²) in [5.41, 5.74) is 0.481. The van der Waals surface area contributed by atoms with Crippen LogP contribution in [-0.4, -0.2) is 69.5 Å². The summed E-state index contributed by atoms with van der Waals surface area (Å²) in [6.07, 6.45) is -4.61. The maximum Gasteiger partial charge on any atom is 0.416 e. The first-order chi connectivity index (χ1) is 22.0. The van der Waals surface area contributed by atoms with Gasteiger partial charge in [-0.1, -0.05) is 23.4 Å². The minimum atomic E-state index is -4.61. The normalized spacial score (nSPS) is 11.1. The molecule has 0 bridgehead atoms. The number of alkyl halides is 3. The Bertz CT molecular complexity index is 1690. The largest absolute Gasteiger partial charge is 0.493 e. The van der Waals surface area contributed by atoms with Gasteiger partial charge in [-0.05, 0) is 42.5 Å². The maximum atomic E-state index is 13.2. The minimum absolute atomic E-state index is 0.0522. The van der Waals surface area contributed by atoms with Crippen molar-refractivity contribution >= 4 is 35.0 Å². The first-order valence-electron chi connectivity index (χ1n) is 13.1. The fourth-order valence-corrected chi connectivity index (χ4v) is 5.07. The highest BCUT2D eigenvalue weighted by Gasteiger charge is 2.31. The lowest BCUT2D eigenvalue weighted by atomic mass is 10.0. The Balaban J connectivity index is 1.76. The molecular formula is C30H28ClF3N4O7S. The quantitative estimate of drug-likeness (QED) is 0.162. The van der Waals surface area contributed by atoms with E-state index in [4.69, 9.17) is 45.0 Å². The third-order valence-corrected chi connectivity index (χ3v) is 7.61. The predicted octanol–water partition coefficient (Wildman–Crippen LogP) is 6.66. The van der Waals surface area contributed by atoms with Gasteiger partial charge in [0.05, 0.1) is 64.7 Å². The number of rotatable bonds is 12. The number of anilines is 1. The van der Waals surface area contributed by atoms with Crippen LogP contribution in [0.25, 0.3) is 22.5 Å². The number of nitrogens with one attached hydrogen (secondary N) is 1. The van der Waals surface area contributed by atoms with E-state index in [-0.39, 0.29) is 21.6 Å². The number of aromatic nitrogens is 3. The van der Waals surface area contributed by atoms with Crippen LogP contribution in [-0.2, 0) is 11.0 Å². The molecule has 0 aliphatic rings. The molecule has 4 rings (SSSR count). The standard InChI is InChI=1S/C30H28ClF3N4O7S/c1-40-20-9-15(10-21(41-2)27(20)44-5)25-26(16-11-22(42-3)28(45-6)23(12-16)43-4)37-38-29(36-25)46-14-24(39)35-19-13-17(30(32,33)34)7-8-18(19)31/h7-13H,14H2,1-6H3,(H,35,39). The first kappa shape index (κ1) is 34.2. The van der Waals surface area contributed by atoms with Crippen molar-refractivity contribution in [3.05, 3.63) is 53.1 Å². The lowest BCUT2D eigenvalue weighted by Crippen LogP contribution is -2.16. The number of nitrogens with zero attached hydrogens (tertiary/aromatic N) is 3. The van der Waals surface area contributed by atoms with Crippen LogP contribution in [0.4, 0.5) is 18.9 Å². The lowest BCUT2D eigenvalue weighted by molar-refractivity contribution is -0.137. The van der Waals surface area contributed by atoms with E-state index in [0.717, 1.165) is 30.0 Å². The van der Waals surface area contributed by atoms with E-state index < -0.39 is 17.6 Å². The molecule has 0 atom stereocenters. The molecule has 0 saturated carbocycles. The van der Waals surface area contributed by atoms with Crippen LogP contribution in [0.1, 0.15) is 5.56 Å². The van der Waals surface area contributed by atoms with Crippen molar-refractivity contribution in [2.24, 2.45) is 0 Å². The first-order valence-corrected chi connectivity index (χ1v) is 14.5. The van der Waals surface area contributed by atoms with Crippen LogP contribution in [0.2, 0.25) is 5.02 Å². The Labute approximate surface area is 271 Å². The van der Waals surface area contributed by atoms with Crippen LogP contribution in [0.15, 0.2) is 47.6 Å². The van der Waals surface area contributed by atoms with Crippen molar-refractivity contribution < 1.29 is 46.4 Å². The molecule has 0 unspecified atom stereocenters. The number of hydrogen-bond donors (Lipinski definition) is 1. The van der Waals surface area contributed by atoms with Crippen LogP contribution in [0.3, 0.4) is 0 Å². The van der Waals surface area contributed by atoms with Crippen molar-refractivity contribution in [1.82, 2.24) is 15.2 Å². The zero-order valence-corrected chi connectivity index (χ0v) is 26.9. The zero-order valence-electron chi connectivity index (χ0n) is 25.4. The van der Waals surface area contributed by atoms with Crippen molar-refractivity contribution in [3.63, 3.8) is 0 Å². The van der Waals surface area contributed by atoms with Crippen LogP contribution < -0.4 is 33.7 Å². The van der Waals surface area contributed by atoms with Gasteiger partial charge in [-0.3, -0.25) is 4.79 Å². The Hall–Kier alpha value is -4.63. The van der Waals surface area contributed by atoms with Gasteiger partial charge in [-0.25, -0.2) is 4.98 Å². The lowest BCUT2D eigenvalue weighted by Gasteiger charge is -2.17. The van der Waals surface area contributed by atoms with Crippen LogP contribution in [0.5, 0.6) is 34.5 Å². The highest BCUT2D eigenvalue weighted by atomic mass is 35.5. The molecule has 0 spiro atoms. The van der Waals surface area contributed by atoms with E-state index in [1.807, 2.05) is 0 Å². The molecule has 1 N–H and O–H groups in total. The molecular weight excluding hydrogens is 653 g/mol. The van der Waals surface area contributed by atoms with E-state index in [0.29, 0.717) is 57.0 Å². The molecule has 1 heterocycles. The van der Waals surface area contributed by atoms with E-state index >= 15 is 0 Å². The number of thioether (sulfide) groups is 1. The number of carbonyl (C=O) groups is 1. The second-order valence-corrected chi connectivity index (χ2v) is 10.5. The van der Waals surface area contributed by atoms with Gasteiger partial charge in [0.15, 0.2) is 23.0 Å². The molecule has 0 aliphatic carbocycles. The number of carbonyl (C=O) groups excluding carboxylic acids is 1. The monoisotopic (exact) mass is 680 g/mol. The summed E-state index contributed by atoms with van der Waals surface area (Å²) in [6, 6.07) is 9.34. The average Bonchev–Trinajstić information content (AvgIpc) is 3.06. The summed E-state index contributed by atoms with van der Waals surface area (Å²) >= 11 is 6.93. The summed E-state index contributed by atoms with van der Waals surface area (Å²) in [5.74, 6) is 1.21. The number of halogens is 4. The number of amides is 1. The Kier molecular flexibility index (Phi) is 10.9. The number of benzene rings is 3. The van der Waals surface area contributed by atoms with E-state index in [9.17, 15) is 18.0 Å². The molecule has 0 radical (unpaired) electrons. The zero-order chi connectivity index (χ0) is 33.6. The van der Waals surface area contributed by atoms with Gasteiger partial charge in [0.1, 0.15) is 11.4 Å². The minimum Gasteiger partial charge on any atom is -0.493 e. The van der Waals surface area contributed by atoms with Crippen LogP contribution in [0, 0.1) is 0 Å². The molecule has 0 fully saturated rings. The molecule has 16 heteroatoms. The predicted molar refractivity (Wildman–Crippen MR) is 166 cm³/mol. The fourth-order valence-electron chi connectivity index (χ4n) is 4.32. The molecule has 0 saturated heterocycles. The molecule has 0 aliphatic heterocycles. The van der Waals surface area contributed by atoms with Gasteiger partial charge in [0.2, 0.25) is 22.6 Å². The van der Waals surface area contributed by atoms with Crippen molar-refractivity contribution in [3.8, 4) is 57.0 Å². The molecule has 46 heavy (non-hydrogen) atoms. The summed E-state index contributed by atoms with van der Waals surface area (Å²) in [4.78, 5) is 17.4. The second kappa shape index (κ2) is 14.6. The van der Waals surface area contributed by atoms with Crippen molar-refractivity contribution in [1.29, 1.82) is 0 Å². The molecule has 3 aromatic carbocycles.